The van der Waals surface area contributed by atoms with Crippen molar-refractivity contribution < 1.29 is 9.53 Å². The number of nitrogens with zero attached hydrogens (tertiary/aromatic N) is 1. The average molecular weight is 221 g/mol. The fourth-order valence-corrected chi connectivity index (χ4v) is 1.76. The SMILES string of the molecule is COC(=O)C[C@@H](N)c1cnc(Cl)s1. The van der Waals surface area contributed by atoms with E-state index in [-0.39, 0.29) is 18.4 Å². The third-order valence-electron chi connectivity index (χ3n) is 1.48. The lowest BCUT2D eigenvalue weighted by Gasteiger charge is -2.05. The minimum atomic E-state index is -0.377. The smallest absolute Gasteiger partial charge is 0.307 e. The van der Waals surface area contributed by atoms with Gasteiger partial charge in [0, 0.05) is 11.1 Å². The summed E-state index contributed by atoms with van der Waals surface area (Å²) in [5, 5.41) is 0. The van der Waals surface area contributed by atoms with Crippen LogP contribution in [0.4, 0.5) is 0 Å². The quantitative estimate of drug-likeness (QED) is 0.782. The summed E-state index contributed by atoms with van der Waals surface area (Å²) in [5.74, 6) is -0.336. The van der Waals surface area contributed by atoms with E-state index in [4.69, 9.17) is 17.3 Å². The van der Waals surface area contributed by atoms with Crippen molar-refractivity contribution in [1.82, 2.24) is 4.98 Å². The molecule has 0 bridgehead atoms. The highest BCUT2D eigenvalue weighted by atomic mass is 35.5. The summed E-state index contributed by atoms with van der Waals surface area (Å²) in [6.07, 6.45) is 1.72. The maximum atomic E-state index is 10.9. The van der Waals surface area contributed by atoms with E-state index in [9.17, 15) is 4.79 Å². The number of nitrogens with two attached hydrogens (primary N) is 1. The molecule has 0 unspecified atom stereocenters. The van der Waals surface area contributed by atoms with E-state index < -0.39 is 0 Å². The van der Waals surface area contributed by atoms with Crippen LogP contribution < -0.4 is 5.73 Å². The Balaban J connectivity index is 2.58. The molecule has 6 heteroatoms. The first-order valence-corrected chi connectivity index (χ1v) is 4.76. The van der Waals surface area contributed by atoms with Crippen LogP contribution in [0.1, 0.15) is 17.3 Å². The predicted molar refractivity (Wildman–Crippen MR) is 50.7 cm³/mol. The number of ether oxygens (including phenoxy) is 1. The summed E-state index contributed by atoms with van der Waals surface area (Å²) >= 11 is 6.88. The van der Waals surface area contributed by atoms with Crippen LogP contribution in [0.15, 0.2) is 6.20 Å². The summed E-state index contributed by atoms with van der Waals surface area (Å²) in [6.45, 7) is 0. The number of halogens is 1. The number of aromatic nitrogens is 1. The van der Waals surface area contributed by atoms with Crippen molar-refractivity contribution >= 4 is 28.9 Å². The second-order valence-corrected chi connectivity index (χ2v) is 4.05. The Bertz CT molecular complexity index is 302. The first kappa shape index (κ1) is 10.4. The summed E-state index contributed by atoms with van der Waals surface area (Å²) in [5.41, 5.74) is 5.70. The molecule has 1 rings (SSSR count). The number of hydrogen-bond donors (Lipinski definition) is 1. The van der Waals surface area contributed by atoms with Crippen molar-refractivity contribution in [2.75, 3.05) is 7.11 Å². The van der Waals surface area contributed by atoms with Crippen molar-refractivity contribution in [3.05, 3.63) is 15.5 Å². The monoisotopic (exact) mass is 220 g/mol. The van der Waals surface area contributed by atoms with Gasteiger partial charge >= 0.3 is 5.97 Å². The number of carbonyl (C=O) groups is 1. The van der Waals surface area contributed by atoms with Crippen LogP contribution in [-0.4, -0.2) is 18.1 Å². The number of esters is 1. The van der Waals surface area contributed by atoms with Crippen molar-refractivity contribution in [3.63, 3.8) is 0 Å². The van der Waals surface area contributed by atoms with Crippen LogP contribution in [0.25, 0.3) is 0 Å². The standard InChI is InChI=1S/C7H9ClN2O2S/c1-12-6(11)2-4(9)5-3-10-7(8)13-5/h3-4H,2,9H2,1H3/t4-/m1/s1. The number of methoxy groups -OCH3 is 1. The van der Waals surface area contributed by atoms with E-state index in [1.807, 2.05) is 0 Å². The van der Waals surface area contributed by atoms with Crippen molar-refractivity contribution in [2.24, 2.45) is 5.73 Å². The normalized spacial score (nSPS) is 12.5. The minimum Gasteiger partial charge on any atom is -0.469 e. The molecule has 0 spiro atoms. The molecule has 0 saturated carbocycles. The fourth-order valence-electron chi connectivity index (χ4n) is 0.799. The molecule has 13 heavy (non-hydrogen) atoms. The van der Waals surface area contributed by atoms with Crippen LogP contribution in [0.3, 0.4) is 0 Å². The summed E-state index contributed by atoms with van der Waals surface area (Å²) in [7, 11) is 1.33. The Kier molecular flexibility index (Phi) is 3.65. The minimum absolute atomic E-state index is 0.148. The van der Waals surface area contributed by atoms with Crippen LogP contribution in [0.5, 0.6) is 0 Å². The first-order valence-electron chi connectivity index (χ1n) is 3.57. The van der Waals surface area contributed by atoms with Crippen molar-refractivity contribution in [1.29, 1.82) is 0 Å². The molecular formula is C7H9ClN2O2S. The molecule has 4 nitrogen and oxygen atoms in total. The van der Waals surface area contributed by atoms with Gasteiger partial charge in [-0.05, 0) is 0 Å². The Hall–Kier alpha value is -0.650. The molecule has 1 heterocycles. The first-order chi connectivity index (χ1) is 6.13. The molecule has 0 aliphatic rings. The highest BCUT2D eigenvalue weighted by Gasteiger charge is 2.14. The van der Waals surface area contributed by atoms with E-state index >= 15 is 0 Å². The molecule has 0 aliphatic carbocycles. The molecular weight excluding hydrogens is 212 g/mol. The zero-order chi connectivity index (χ0) is 9.84. The lowest BCUT2D eigenvalue weighted by atomic mass is 10.2. The van der Waals surface area contributed by atoms with Gasteiger partial charge in [-0.15, -0.1) is 11.3 Å². The molecule has 0 fully saturated rings. The molecule has 1 atom stereocenters. The second-order valence-electron chi connectivity index (χ2n) is 2.40. The summed E-state index contributed by atoms with van der Waals surface area (Å²) in [4.78, 5) is 15.5. The van der Waals surface area contributed by atoms with Crippen LogP contribution >= 0.6 is 22.9 Å². The zero-order valence-corrected chi connectivity index (χ0v) is 8.56. The van der Waals surface area contributed by atoms with Gasteiger partial charge in [0.05, 0.1) is 19.6 Å². The van der Waals surface area contributed by atoms with E-state index in [1.54, 1.807) is 6.20 Å². The molecule has 0 aliphatic heterocycles. The lowest BCUT2D eigenvalue weighted by molar-refractivity contribution is -0.141. The zero-order valence-electron chi connectivity index (χ0n) is 6.99. The molecule has 1 aromatic rings. The van der Waals surface area contributed by atoms with Crippen LogP contribution in [-0.2, 0) is 9.53 Å². The summed E-state index contributed by atoms with van der Waals surface area (Å²) < 4.78 is 4.91. The van der Waals surface area contributed by atoms with E-state index in [0.717, 1.165) is 4.88 Å². The highest BCUT2D eigenvalue weighted by molar-refractivity contribution is 7.15. The third kappa shape index (κ3) is 2.95. The topological polar surface area (TPSA) is 65.2 Å². The number of carbonyl (C=O) groups excluding carboxylic acids is 1. The molecule has 0 amide bonds. The van der Waals surface area contributed by atoms with Gasteiger partial charge in [0.1, 0.15) is 0 Å². The van der Waals surface area contributed by atoms with Crippen LogP contribution in [0, 0.1) is 0 Å². The fraction of sp³-hybridized carbons (Fsp3) is 0.429. The number of rotatable bonds is 3. The van der Waals surface area contributed by atoms with E-state index in [0.29, 0.717) is 4.47 Å². The largest absolute Gasteiger partial charge is 0.469 e. The maximum absolute atomic E-state index is 10.9. The van der Waals surface area contributed by atoms with Gasteiger partial charge in [-0.25, -0.2) is 4.98 Å². The van der Waals surface area contributed by atoms with Crippen LogP contribution in [0.2, 0.25) is 4.47 Å². The Morgan fingerprint density at radius 3 is 3.08 bits per heavy atom. The molecule has 1 aromatic heterocycles. The van der Waals surface area contributed by atoms with Gasteiger partial charge in [0.2, 0.25) is 0 Å². The van der Waals surface area contributed by atoms with Gasteiger partial charge in [0.25, 0.3) is 0 Å². The van der Waals surface area contributed by atoms with Gasteiger partial charge in [-0.1, -0.05) is 11.6 Å². The lowest BCUT2D eigenvalue weighted by Crippen LogP contribution is -2.15. The Morgan fingerprint density at radius 2 is 2.62 bits per heavy atom. The number of hydrogen-bond acceptors (Lipinski definition) is 5. The molecule has 0 aromatic carbocycles. The molecule has 0 radical (unpaired) electrons. The average Bonchev–Trinajstić information content (AvgIpc) is 2.51. The second kappa shape index (κ2) is 4.55. The predicted octanol–water partition coefficient (Wildman–Crippen LogP) is 1.36. The summed E-state index contributed by atoms with van der Waals surface area (Å²) in [6, 6.07) is -0.377. The third-order valence-corrected chi connectivity index (χ3v) is 2.72. The van der Waals surface area contributed by atoms with E-state index in [1.165, 1.54) is 18.4 Å². The van der Waals surface area contributed by atoms with Gasteiger partial charge < -0.3 is 10.5 Å². The van der Waals surface area contributed by atoms with Crippen molar-refractivity contribution in [2.45, 2.75) is 12.5 Å². The highest BCUT2D eigenvalue weighted by Crippen LogP contribution is 2.24. The van der Waals surface area contributed by atoms with Gasteiger partial charge in [0.15, 0.2) is 4.47 Å². The molecule has 72 valence electrons. The Morgan fingerprint density at radius 1 is 1.92 bits per heavy atom. The Labute approximate surface area is 84.7 Å². The number of thiazole rings is 1. The van der Waals surface area contributed by atoms with E-state index in [2.05, 4.69) is 9.72 Å². The van der Waals surface area contributed by atoms with Crippen molar-refractivity contribution in [3.8, 4) is 0 Å². The molecule has 2 N–H and O–H groups in total. The van der Waals surface area contributed by atoms with Gasteiger partial charge in [-0.2, -0.15) is 0 Å². The maximum Gasteiger partial charge on any atom is 0.307 e. The molecule has 0 saturated heterocycles. The van der Waals surface area contributed by atoms with Gasteiger partial charge in [-0.3, -0.25) is 4.79 Å².